The molecular weight excluding hydrogens is 593 g/mol. The van der Waals surface area contributed by atoms with E-state index < -0.39 is 0 Å². The van der Waals surface area contributed by atoms with Gasteiger partial charge in [-0.1, -0.05) is 164 Å². The van der Waals surface area contributed by atoms with Gasteiger partial charge in [0.1, 0.15) is 11.2 Å². The first-order chi connectivity index (χ1) is 25.1. The summed E-state index contributed by atoms with van der Waals surface area (Å²) in [5.74, 6) is 0. The van der Waals surface area contributed by atoms with Gasteiger partial charge in [0, 0.05) is 16.3 Å². The highest BCUT2D eigenvalue weighted by Gasteiger charge is 2.22. The summed E-state index contributed by atoms with van der Waals surface area (Å²) in [6, 6.07) is 60.1. The summed E-state index contributed by atoms with van der Waals surface area (Å²) < 4.78 is 22.8. The van der Waals surface area contributed by atoms with Crippen molar-refractivity contribution in [2.24, 2.45) is 0 Å². The lowest BCUT2D eigenvalue weighted by Crippen LogP contribution is -1.93. The Labute approximate surface area is 287 Å². The Bertz CT molecular complexity index is 2930. The summed E-state index contributed by atoms with van der Waals surface area (Å²) in [6.07, 6.45) is 0. The van der Waals surface area contributed by atoms with Crippen molar-refractivity contribution in [3.05, 3.63) is 182 Å². The van der Waals surface area contributed by atoms with E-state index in [9.17, 15) is 0 Å². The maximum absolute atomic E-state index is 8.12. The van der Waals surface area contributed by atoms with Crippen LogP contribution in [0.3, 0.4) is 0 Å². The van der Waals surface area contributed by atoms with E-state index in [1.807, 2.05) is 54.6 Å². The molecule has 49 heavy (non-hydrogen) atoms. The fourth-order valence-corrected chi connectivity index (χ4v) is 7.79. The molecule has 0 unspecified atom stereocenters. The summed E-state index contributed by atoms with van der Waals surface area (Å²) in [5, 5.41) is 9.15. The second-order valence-electron chi connectivity index (χ2n) is 12.6. The molecule has 0 fully saturated rings. The summed E-state index contributed by atoms with van der Waals surface area (Å²) >= 11 is 0. The molecule has 0 radical (unpaired) electrons. The molecule has 1 heterocycles. The van der Waals surface area contributed by atoms with E-state index in [2.05, 4.69) is 115 Å². The van der Waals surface area contributed by atoms with Gasteiger partial charge in [-0.25, -0.2) is 0 Å². The predicted molar refractivity (Wildman–Crippen MR) is 208 cm³/mol. The summed E-state index contributed by atoms with van der Waals surface area (Å²) in [5.41, 5.74) is 10.7. The number of furan rings is 1. The van der Waals surface area contributed by atoms with Crippen LogP contribution in [0.1, 0.15) is 2.74 Å². The molecule has 1 heteroatoms. The molecule has 0 aliphatic rings. The van der Waals surface area contributed by atoms with Crippen molar-refractivity contribution in [3.63, 3.8) is 0 Å². The molecule has 0 saturated heterocycles. The van der Waals surface area contributed by atoms with Crippen molar-refractivity contribution in [1.29, 1.82) is 0 Å². The lowest BCUT2D eigenvalue weighted by Gasteiger charge is -2.20. The first kappa shape index (κ1) is 25.6. The Kier molecular flexibility index (Phi) is 5.79. The third-order valence-electron chi connectivity index (χ3n) is 9.95. The lowest BCUT2D eigenvalue weighted by molar-refractivity contribution is 0.670. The van der Waals surface area contributed by atoms with Crippen molar-refractivity contribution in [2.45, 2.75) is 0 Å². The zero-order chi connectivity index (χ0) is 34.1. The van der Waals surface area contributed by atoms with E-state index in [-0.39, 0.29) is 0 Å². The fraction of sp³-hybridized carbons (Fsp3) is 0. The molecule has 9 aromatic carbocycles. The second-order valence-corrected chi connectivity index (χ2v) is 12.6. The van der Waals surface area contributed by atoms with E-state index in [4.69, 9.17) is 7.16 Å². The Balaban J connectivity index is 1.27. The monoisotopic (exact) mass is 624 g/mol. The minimum absolute atomic E-state index is 0.485. The molecule has 228 valence electrons. The Hall–Kier alpha value is -6.44. The number of para-hydroxylation sites is 1. The molecule has 0 bridgehead atoms. The van der Waals surface area contributed by atoms with Gasteiger partial charge in [0.15, 0.2) is 0 Å². The van der Waals surface area contributed by atoms with Crippen molar-refractivity contribution >= 4 is 54.3 Å². The van der Waals surface area contributed by atoms with Crippen LogP contribution in [-0.2, 0) is 0 Å². The van der Waals surface area contributed by atoms with Crippen molar-refractivity contribution < 1.29 is 7.16 Å². The average Bonchev–Trinajstić information content (AvgIpc) is 3.57. The van der Waals surface area contributed by atoms with Gasteiger partial charge in [-0.15, -0.1) is 0 Å². The SMILES string of the molecule is [2H]c1ccc(-c2ccc(-c3ccccc3-c3c4ccccc4c(-c4ccc5cc([2H])ccc5c4)c4ccccc34)c3c2oc2ccccc23)cc1. The number of benzene rings is 9. The van der Waals surface area contributed by atoms with Gasteiger partial charge in [-0.05, 0) is 89.5 Å². The van der Waals surface area contributed by atoms with Crippen LogP contribution in [0.2, 0.25) is 0 Å². The van der Waals surface area contributed by atoms with Gasteiger partial charge in [-0.3, -0.25) is 0 Å². The Morgan fingerprint density at radius 2 is 0.980 bits per heavy atom. The molecule has 0 N–H and O–H groups in total. The van der Waals surface area contributed by atoms with Crippen LogP contribution in [0.15, 0.2) is 186 Å². The molecular formula is C48H30O. The smallest absolute Gasteiger partial charge is 0.143 e. The normalized spacial score (nSPS) is 12.2. The topological polar surface area (TPSA) is 13.1 Å². The molecule has 0 amide bonds. The predicted octanol–water partition coefficient (Wildman–Crippen LogP) is 13.7. The molecule has 10 aromatic rings. The Morgan fingerprint density at radius 3 is 1.73 bits per heavy atom. The first-order valence-corrected chi connectivity index (χ1v) is 16.7. The van der Waals surface area contributed by atoms with Crippen LogP contribution < -0.4 is 0 Å². The van der Waals surface area contributed by atoms with E-state index in [0.29, 0.717) is 12.1 Å². The van der Waals surface area contributed by atoms with E-state index in [1.54, 1.807) is 0 Å². The molecule has 0 saturated carbocycles. The molecule has 0 spiro atoms. The van der Waals surface area contributed by atoms with Gasteiger partial charge in [0.2, 0.25) is 0 Å². The van der Waals surface area contributed by atoms with Gasteiger partial charge in [0.25, 0.3) is 0 Å². The molecule has 1 aromatic heterocycles. The van der Waals surface area contributed by atoms with Crippen molar-refractivity contribution in [2.75, 3.05) is 0 Å². The zero-order valence-corrected chi connectivity index (χ0v) is 26.6. The van der Waals surface area contributed by atoms with Crippen LogP contribution in [0.25, 0.3) is 98.8 Å². The van der Waals surface area contributed by atoms with Crippen molar-refractivity contribution in [1.82, 2.24) is 0 Å². The maximum Gasteiger partial charge on any atom is 0.143 e. The number of hydrogen-bond donors (Lipinski definition) is 0. The highest BCUT2D eigenvalue weighted by atomic mass is 16.3. The summed E-state index contributed by atoms with van der Waals surface area (Å²) in [4.78, 5) is 0. The number of hydrogen-bond acceptors (Lipinski definition) is 1. The third-order valence-corrected chi connectivity index (χ3v) is 9.95. The molecule has 1 nitrogen and oxygen atoms in total. The molecule has 10 rings (SSSR count). The van der Waals surface area contributed by atoms with Gasteiger partial charge in [-0.2, -0.15) is 0 Å². The number of fused-ring (bicyclic) bond motifs is 6. The van der Waals surface area contributed by atoms with E-state index in [1.165, 1.54) is 32.7 Å². The highest BCUT2D eigenvalue weighted by molar-refractivity contribution is 6.24. The molecule has 0 atom stereocenters. The van der Waals surface area contributed by atoms with Crippen LogP contribution >= 0.6 is 0 Å². The van der Waals surface area contributed by atoms with Gasteiger partial charge in [0.05, 0.1) is 2.74 Å². The van der Waals surface area contributed by atoms with Crippen LogP contribution in [0, 0.1) is 0 Å². The average molecular weight is 625 g/mol. The molecule has 0 aliphatic heterocycles. The zero-order valence-electron chi connectivity index (χ0n) is 28.6. The van der Waals surface area contributed by atoms with Crippen LogP contribution in [0.5, 0.6) is 0 Å². The van der Waals surface area contributed by atoms with Crippen LogP contribution in [0.4, 0.5) is 0 Å². The van der Waals surface area contributed by atoms with Crippen LogP contribution in [-0.4, -0.2) is 0 Å². The second kappa shape index (κ2) is 11.1. The van der Waals surface area contributed by atoms with Gasteiger partial charge >= 0.3 is 0 Å². The highest BCUT2D eigenvalue weighted by Crippen LogP contribution is 2.49. The maximum atomic E-state index is 8.12. The standard InChI is InChI=1S/C48H30O/c1-2-15-32(16-3-1)35-28-29-42(47-43-24-12-13-25-44(43)49-48(35)47)36-18-6-7-19-37(36)46-40-22-10-8-20-38(40)45(39-21-9-11-23-41(39)46)34-27-26-31-14-4-5-17-33(31)30-34/h1-30H/i1D,4D. The lowest BCUT2D eigenvalue weighted by atomic mass is 9.83. The molecule has 0 aliphatic carbocycles. The minimum Gasteiger partial charge on any atom is -0.455 e. The van der Waals surface area contributed by atoms with E-state index >= 15 is 0 Å². The summed E-state index contributed by atoms with van der Waals surface area (Å²) in [6.45, 7) is 0. The summed E-state index contributed by atoms with van der Waals surface area (Å²) in [7, 11) is 0. The quantitative estimate of drug-likeness (QED) is 0.178. The van der Waals surface area contributed by atoms with E-state index in [0.717, 1.165) is 66.1 Å². The fourth-order valence-electron chi connectivity index (χ4n) is 7.79. The third kappa shape index (κ3) is 4.33. The Morgan fingerprint density at radius 1 is 0.367 bits per heavy atom. The number of rotatable bonds is 4. The van der Waals surface area contributed by atoms with Gasteiger partial charge < -0.3 is 4.42 Å². The largest absolute Gasteiger partial charge is 0.455 e. The van der Waals surface area contributed by atoms with Crippen molar-refractivity contribution in [3.8, 4) is 44.5 Å². The minimum atomic E-state index is 0.485. The first-order valence-electron chi connectivity index (χ1n) is 17.7.